The van der Waals surface area contributed by atoms with Crippen LogP contribution in [0, 0.1) is 0 Å². The largest absolute Gasteiger partial charge is 0.371 e. The van der Waals surface area contributed by atoms with Gasteiger partial charge in [-0.2, -0.15) is 4.98 Å². The molecule has 1 aromatic carbocycles. The van der Waals surface area contributed by atoms with Crippen LogP contribution in [0.1, 0.15) is 44.9 Å². The molecule has 1 saturated heterocycles. The Morgan fingerprint density at radius 1 is 1.03 bits per heavy atom. The van der Waals surface area contributed by atoms with Crippen molar-refractivity contribution in [2.24, 2.45) is 0 Å². The summed E-state index contributed by atoms with van der Waals surface area (Å²) in [6.45, 7) is 1.91. The molecule has 2 aliphatic rings. The normalized spacial score (nSPS) is 19.6. The average molecular weight is 438 g/mol. The van der Waals surface area contributed by atoms with Crippen LogP contribution in [0.4, 0.5) is 11.6 Å². The van der Waals surface area contributed by atoms with Crippen molar-refractivity contribution in [3.05, 3.63) is 42.7 Å². The van der Waals surface area contributed by atoms with Gasteiger partial charge in [0.2, 0.25) is 5.95 Å². The molecule has 0 bridgehead atoms. The summed E-state index contributed by atoms with van der Waals surface area (Å²) in [4.78, 5) is 11.7. The van der Waals surface area contributed by atoms with Crippen LogP contribution in [0.5, 0.6) is 0 Å². The summed E-state index contributed by atoms with van der Waals surface area (Å²) in [5, 5.41) is 5.10. The molecule has 5 rings (SSSR count). The second-order valence-corrected chi connectivity index (χ2v) is 10.5. The number of aromatic nitrogens is 3. The molecule has 31 heavy (non-hydrogen) atoms. The molecule has 2 aromatic heterocycles. The monoisotopic (exact) mass is 437 g/mol. The zero-order valence-electron chi connectivity index (χ0n) is 18.2. The highest BCUT2D eigenvalue weighted by atomic mass is 32.2. The molecule has 1 unspecified atom stereocenters. The minimum absolute atomic E-state index is 0.330. The molecule has 1 N–H and O–H groups in total. The van der Waals surface area contributed by atoms with Gasteiger partial charge in [-0.3, -0.25) is 4.21 Å². The van der Waals surface area contributed by atoms with Crippen LogP contribution >= 0.6 is 0 Å². The fraction of sp³-hybridized carbons (Fsp3) is 0.500. The third-order valence-corrected chi connectivity index (χ3v) is 8.20. The third-order valence-electron chi connectivity index (χ3n) is 6.79. The standard InChI is InChI=1S/C24H31N5OS/c1-31(30)19-11-15-28(16-12-19)21-8-5-9-22-20(21)13-17-29(22)23-10-14-25-24(27-23)26-18-6-3-2-4-7-18/h5,8-10,13-14,17-19H,2-4,6-7,11-12,15-16H2,1H3,(H,25,26,27). The highest BCUT2D eigenvalue weighted by molar-refractivity contribution is 7.84. The molecule has 0 amide bonds. The molecule has 164 valence electrons. The number of piperidine rings is 1. The molecular weight excluding hydrogens is 406 g/mol. The van der Waals surface area contributed by atoms with E-state index in [1.54, 1.807) is 0 Å². The van der Waals surface area contributed by atoms with E-state index in [0.29, 0.717) is 11.3 Å². The highest BCUT2D eigenvalue weighted by Crippen LogP contribution is 2.32. The van der Waals surface area contributed by atoms with E-state index in [1.165, 1.54) is 43.2 Å². The van der Waals surface area contributed by atoms with E-state index in [0.717, 1.165) is 43.2 Å². The Morgan fingerprint density at radius 3 is 2.61 bits per heavy atom. The quantitative estimate of drug-likeness (QED) is 0.636. The Labute approximate surface area is 186 Å². The Bertz CT molecular complexity index is 1070. The van der Waals surface area contributed by atoms with Crippen LogP contribution in [0.25, 0.3) is 16.7 Å². The number of fused-ring (bicyclic) bond motifs is 1. The fourth-order valence-corrected chi connectivity index (χ4v) is 5.91. The van der Waals surface area contributed by atoms with Gasteiger partial charge in [-0.15, -0.1) is 0 Å². The number of anilines is 2. The molecule has 3 heterocycles. The summed E-state index contributed by atoms with van der Waals surface area (Å²) in [6.07, 6.45) is 14.1. The lowest BCUT2D eigenvalue weighted by Gasteiger charge is -2.33. The van der Waals surface area contributed by atoms with Gasteiger partial charge in [0.1, 0.15) is 5.82 Å². The lowest BCUT2D eigenvalue weighted by atomic mass is 9.96. The van der Waals surface area contributed by atoms with Gasteiger partial charge < -0.3 is 14.8 Å². The van der Waals surface area contributed by atoms with E-state index in [4.69, 9.17) is 4.98 Å². The molecule has 1 saturated carbocycles. The highest BCUT2D eigenvalue weighted by Gasteiger charge is 2.23. The Kier molecular flexibility index (Phi) is 5.94. The van der Waals surface area contributed by atoms with Crippen molar-refractivity contribution in [1.82, 2.24) is 14.5 Å². The van der Waals surface area contributed by atoms with Gasteiger partial charge in [-0.1, -0.05) is 25.3 Å². The third kappa shape index (κ3) is 4.33. The summed E-state index contributed by atoms with van der Waals surface area (Å²) in [5.74, 6) is 1.61. The second-order valence-electron chi connectivity index (χ2n) is 8.80. The zero-order chi connectivity index (χ0) is 21.2. The molecule has 1 aliphatic carbocycles. The predicted molar refractivity (Wildman–Crippen MR) is 129 cm³/mol. The fourth-order valence-electron chi connectivity index (χ4n) is 5.04. The number of rotatable bonds is 5. The first-order valence-corrected chi connectivity index (χ1v) is 13.1. The van der Waals surface area contributed by atoms with Gasteiger partial charge in [0.05, 0.1) is 5.52 Å². The van der Waals surface area contributed by atoms with Crippen molar-refractivity contribution in [3.63, 3.8) is 0 Å². The molecule has 1 atom stereocenters. The van der Waals surface area contributed by atoms with E-state index in [1.807, 2.05) is 18.5 Å². The number of hydrogen-bond acceptors (Lipinski definition) is 5. The molecule has 1 aliphatic heterocycles. The topological polar surface area (TPSA) is 63.1 Å². The van der Waals surface area contributed by atoms with Crippen molar-refractivity contribution >= 4 is 33.3 Å². The molecule has 0 spiro atoms. The first-order valence-electron chi connectivity index (χ1n) is 11.5. The van der Waals surface area contributed by atoms with E-state index >= 15 is 0 Å². The lowest BCUT2D eigenvalue weighted by molar-refractivity contribution is 0.461. The molecule has 6 nitrogen and oxygen atoms in total. The minimum Gasteiger partial charge on any atom is -0.371 e. The van der Waals surface area contributed by atoms with Crippen molar-refractivity contribution in [2.45, 2.75) is 56.2 Å². The van der Waals surface area contributed by atoms with Crippen LogP contribution in [0.15, 0.2) is 42.7 Å². The van der Waals surface area contributed by atoms with Gasteiger partial charge in [0, 0.05) is 64.9 Å². The van der Waals surface area contributed by atoms with Crippen LogP contribution in [0.3, 0.4) is 0 Å². The van der Waals surface area contributed by atoms with E-state index < -0.39 is 10.8 Å². The number of hydrogen-bond donors (Lipinski definition) is 1. The van der Waals surface area contributed by atoms with Gasteiger partial charge >= 0.3 is 0 Å². The second kappa shape index (κ2) is 8.99. The summed E-state index contributed by atoms with van der Waals surface area (Å²) in [7, 11) is -0.728. The molecule has 7 heteroatoms. The summed E-state index contributed by atoms with van der Waals surface area (Å²) in [5.41, 5.74) is 2.41. The maximum Gasteiger partial charge on any atom is 0.224 e. The maximum absolute atomic E-state index is 11.8. The summed E-state index contributed by atoms with van der Waals surface area (Å²) in [6, 6.07) is 11.1. The van der Waals surface area contributed by atoms with Crippen LogP contribution in [0.2, 0.25) is 0 Å². The Morgan fingerprint density at radius 2 is 1.84 bits per heavy atom. The van der Waals surface area contributed by atoms with Gasteiger partial charge in [-0.05, 0) is 49.9 Å². The van der Waals surface area contributed by atoms with Crippen molar-refractivity contribution in [2.75, 3.05) is 29.6 Å². The van der Waals surface area contributed by atoms with Crippen molar-refractivity contribution in [3.8, 4) is 5.82 Å². The van der Waals surface area contributed by atoms with Crippen LogP contribution in [-0.4, -0.2) is 49.4 Å². The molecular formula is C24H31N5OS. The van der Waals surface area contributed by atoms with Gasteiger partial charge in [0.25, 0.3) is 0 Å². The van der Waals surface area contributed by atoms with Crippen LogP contribution in [-0.2, 0) is 10.8 Å². The Balaban J connectivity index is 1.40. The van der Waals surface area contributed by atoms with Crippen molar-refractivity contribution < 1.29 is 4.21 Å². The molecule has 3 aromatic rings. The van der Waals surface area contributed by atoms with E-state index in [-0.39, 0.29) is 0 Å². The molecule has 2 fully saturated rings. The minimum atomic E-state index is -0.728. The predicted octanol–water partition coefficient (Wildman–Crippen LogP) is 4.51. The van der Waals surface area contributed by atoms with Crippen molar-refractivity contribution in [1.29, 1.82) is 0 Å². The number of benzene rings is 1. The lowest BCUT2D eigenvalue weighted by Crippen LogP contribution is -2.37. The first kappa shape index (κ1) is 20.5. The van der Waals surface area contributed by atoms with Gasteiger partial charge in [-0.25, -0.2) is 4.98 Å². The van der Waals surface area contributed by atoms with Gasteiger partial charge in [0.15, 0.2) is 0 Å². The number of nitrogens with zero attached hydrogens (tertiary/aromatic N) is 4. The van der Waals surface area contributed by atoms with E-state index in [9.17, 15) is 4.21 Å². The maximum atomic E-state index is 11.8. The molecule has 0 radical (unpaired) electrons. The summed E-state index contributed by atoms with van der Waals surface area (Å²) >= 11 is 0. The summed E-state index contributed by atoms with van der Waals surface area (Å²) < 4.78 is 14.0. The first-order chi connectivity index (χ1) is 15.2. The Hall–Kier alpha value is -2.41. The van der Waals surface area contributed by atoms with E-state index in [2.05, 4.69) is 50.2 Å². The average Bonchev–Trinajstić information content (AvgIpc) is 3.24. The number of nitrogens with one attached hydrogen (secondary N) is 1. The SMILES string of the molecule is CS(=O)C1CCN(c2cccc3c2ccn3-c2ccnc(NC3CCCCC3)n2)CC1. The zero-order valence-corrected chi connectivity index (χ0v) is 19.0. The van der Waals surface area contributed by atoms with Crippen LogP contribution < -0.4 is 10.2 Å². The smallest absolute Gasteiger partial charge is 0.224 e.